The molecule has 0 radical (unpaired) electrons. The first kappa shape index (κ1) is 13.4. The number of rotatable bonds is 6. The quantitative estimate of drug-likeness (QED) is 0.749. The number of para-hydroxylation sites is 1. The minimum Gasteiger partial charge on any atom is -0.384 e. The molecule has 1 aromatic carbocycles. The summed E-state index contributed by atoms with van der Waals surface area (Å²) in [5.41, 5.74) is 1.76. The topological polar surface area (TPSA) is 24.1 Å². The third kappa shape index (κ3) is 4.34. The van der Waals surface area contributed by atoms with Gasteiger partial charge in [-0.2, -0.15) is 0 Å². The van der Waals surface area contributed by atoms with Gasteiger partial charge < -0.3 is 10.6 Å². The van der Waals surface area contributed by atoms with Gasteiger partial charge in [0.05, 0.1) is 0 Å². The monoisotopic (exact) mass is 246 g/mol. The smallest absolute Gasteiger partial charge is 0.0340 e. The zero-order chi connectivity index (χ0) is 12.7. The van der Waals surface area contributed by atoms with E-state index in [0.717, 1.165) is 13.1 Å². The third-order valence-corrected chi connectivity index (χ3v) is 4.02. The molecule has 1 saturated carbocycles. The van der Waals surface area contributed by atoms with Gasteiger partial charge >= 0.3 is 0 Å². The summed E-state index contributed by atoms with van der Waals surface area (Å²) in [6.07, 6.45) is 7.06. The number of anilines is 1. The Morgan fingerprint density at radius 1 is 1.00 bits per heavy atom. The highest BCUT2D eigenvalue weighted by Crippen LogP contribution is 2.34. The summed E-state index contributed by atoms with van der Waals surface area (Å²) in [6.45, 7) is 5.65. The van der Waals surface area contributed by atoms with E-state index in [1.807, 2.05) is 6.07 Å². The second kappa shape index (κ2) is 6.79. The summed E-state index contributed by atoms with van der Waals surface area (Å²) in [5, 5.41) is 7.04. The Morgan fingerprint density at radius 2 is 1.72 bits per heavy atom. The zero-order valence-corrected chi connectivity index (χ0v) is 11.5. The maximum atomic E-state index is 3.60. The van der Waals surface area contributed by atoms with E-state index >= 15 is 0 Å². The molecule has 0 atom stereocenters. The molecule has 100 valence electrons. The lowest BCUT2D eigenvalue weighted by Gasteiger charge is -2.33. The van der Waals surface area contributed by atoms with Crippen molar-refractivity contribution in [1.82, 2.24) is 5.32 Å². The summed E-state index contributed by atoms with van der Waals surface area (Å²) >= 11 is 0. The molecule has 0 aromatic heterocycles. The van der Waals surface area contributed by atoms with Crippen molar-refractivity contribution in [2.24, 2.45) is 5.41 Å². The van der Waals surface area contributed by atoms with Gasteiger partial charge in [0, 0.05) is 25.3 Å². The standard InChI is InChI=1S/C16H26N2/c1-16(10-6-3-7-11-16)14-17-12-13-18-15-8-4-2-5-9-15/h2,4-5,8-9,17-18H,3,6-7,10-14H2,1H3. The maximum absolute atomic E-state index is 3.60. The molecule has 2 N–H and O–H groups in total. The van der Waals surface area contributed by atoms with Gasteiger partial charge in [-0.25, -0.2) is 0 Å². The van der Waals surface area contributed by atoms with Gasteiger partial charge in [0.15, 0.2) is 0 Å². The Bertz CT molecular complexity index is 328. The second-order valence-electron chi connectivity index (χ2n) is 5.84. The highest BCUT2D eigenvalue weighted by atomic mass is 14.9. The number of hydrogen-bond acceptors (Lipinski definition) is 2. The molecule has 18 heavy (non-hydrogen) atoms. The SMILES string of the molecule is CC1(CNCCNc2ccccc2)CCCCC1. The number of nitrogens with one attached hydrogen (secondary N) is 2. The first-order valence-electron chi connectivity index (χ1n) is 7.28. The third-order valence-electron chi connectivity index (χ3n) is 4.02. The zero-order valence-electron chi connectivity index (χ0n) is 11.5. The van der Waals surface area contributed by atoms with E-state index in [-0.39, 0.29) is 0 Å². The van der Waals surface area contributed by atoms with Crippen molar-refractivity contribution >= 4 is 5.69 Å². The van der Waals surface area contributed by atoms with Gasteiger partial charge in [0.1, 0.15) is 0 Å². The van der Waals surface area contributed by atoms with Crippen LogP contribution in [0, 0.1) is 5.41 Å². The van der Waals surface area contributed by atoms with Crippen LogP contribution in [0.25, 0.3) is 0 Å². The molecule has 0 bridgehead atoms. The fourth-order valence-electron chi connectivity index (χ4n) is 2.82. The maximum Gasteiger partial charge on any atom is 0.0340 e. The van der Waals surface area contributed by atoms with Crippen LogP contribution in [0.4, 0.5) is 5.69 Å². The Morgan fingerprint density at radius 3 is 2.44 bits per heavy atom. The molecule has 1 fully saturated rings. The van der Waals surface area contributed by atoms with Crippen molar-refractivity contribution in [2.75, 3.05) is 25.0 Å². The van der Waals surface area contributed by atoms with Gasteiger partial charge in [0.25, 0.3) is 0 Å². The molecule has 2 rings (SSSR count). The van der Waals surface area contributed by atoms with E-state index in [0.29, 0.717) is 5.41 Å². The molecule has 0 unspecified atom stereocenters. The van der Waals surface area contributed by atoms with Crippen LogP contribution in [0.15, 0.2) is 30.3 Å². The van der Waals surface area contributed by atoms with E-state index in [1.54, 1.807) is 0 Å². The van der Waals surface area contributed by atoms with Crippen LogP contribution in [0.3, 0.4) is 0 Å². The van der Waals surface area contributed by atoms with Gasteiger partial charge in [-0.1, -0.05) is 44.4 Å². The van der Waals surface area contributed by atoms with Crippen molar-refractivity contribution < 1.29 is 0 Å². The molecular weight excluding hydrogens is 220 g/mol. The normalized spacial score (nSPS) is 18.5. The van der Waals surface area contributed by atoms with Crippen LogP contribution in [-0.2, 0) is 0 Å². The minimum absolute atomic E-state index is 0.547. The predicted octanol–water partition coefficient (Wildman–Crippen LogP) is 3.66. The van der Waals surface area contributed by atoms with E-state index in [1.165, 1.54) is 44.3 Å². The summed E-state index contributed by atoms with van der Waals surface area (Å²) in [7, 11) is 0. The van der Waals surface area contributed by atoms with Crippen LogP contribution in [0.5, 0.6) is 0 Å². The molecule has 0 aliphatic heterocycles. The minimum atomic E-state index is 0.547. The van der Waals surface area contributed by atoms with Gasteiger partial charge in [-0.3, -0.25) is 0 Å². The fourth-order valence-corrected chi connectivity index (χ4v) is 2.82. The van der Waals surface area contributed by atoms with Crippen molar-refractivity contribution in [3.63, 3.8) is 0 Å². The molecule has 2 heteroatoms. The van der Waals surface area contributed by atoms with Gasteiger partial charge in [-0.05, 0) is 30.4 Å². The van der Waals surface area contributed by atoms with E-state index in [4.69, 9.17) is 0 Å². The lowest BCUT2D eigenvalue weighted by atomic mass is 9.76. The summed E-state index contributed by atoms with van der Waals surface area (Å²) in [5.74, 6) is 0. The van der Waals surface area contributed by atoms with Crippen molar-refractivity contribution in [1.29, 1.82) is 0 Å². The average molecular weight is 246 g/mol. The summed E-state index contributed by atoms with van der Waals surface area (Å²) in [4.78, 5) is 0. The van der Waals surface area contributed by atoms with E-state index in [9.17, 15) is 0 Å². The molecule has 0 saturated heterocycles. The Balaban J connectivity index is 1.58. The summed E-state index contributed by atoms with van der Waals surface area (Å²) < 4.78 is 0. The van der Waals surface area contributed by atoms with Gasteiger partial charge in [0.2, 0.25) is 0 Å². The van der Waals surface area contributed by atoms with E-state index < -0.39 is 0 Å². The van der Waals surface area contributed by atoms with Crippen LogP contribution in [-0.4, -0.2) is 19.6 Å². The summed E-state index contributed by atoms with van der Waals surface area (Å²) in [6, 6.07) is 10.4. The Hall–Kier alpha value is -1.02. The van der Waals surface area contributed by atoms with Crippen molar-refractivity contribution in [2.45, 2.75) is 39.0 Å². The van der Waals surface area contributed by atoms with Crippen LogP contribution >= 0.6 is 0 Å². The first-order valence-corrected chi connectivity index (χ1v) is 7.28. The highest BCUT2D eigenvalue weighted by Gasteiger charge is 2.25. The van der Waals surface area contributed by atoms with Crippen molar-refractivity contribution in [3.05, 3.63) is 30.3 Å². The highest BCUT2D eigenvalue weighted by molar-refractivity contribution is 5.42. The van der Waals surface area contributed by atoms with Crippen LogP contribution in [0.2, 0.25) is 0 Å². The fraction of sp³-hybridized carbons (Fsp3) is 0.625. The molecule has 0 spiro atoms. The predicted molar refractivity (Wildman–Crippen MR) is 79.0 cm³/mol. The average Bonchev–Trinajstić information content (AvgIpc) is 2.40. The lowest BCUT2D eigenvalue weighted by Crippen LogP contribution is -2.35. The molecule has 0 heterocycles. The van der Waals surface area contributed by atoms with Gasteiger partial charge in [-0.15, -0.1) is 0 Å². The largest absolute Gasteiger partial charge is 0.384 e. The molecule has 1 aliphatic rings. The first-order chi connectivity index (χ1) is 8.79. The second-order valence-corrected chi connectivity index (χ2v) is 5.84. The Kier molecular flexibility index (Phi) is 5.06. The Labute approximate surface area is 111 Å². The number of hydrogen-bond donors (Lipinski definition) is 2. The molecule has 1 aromatic rings. The molecular formula is C16H26N2. The van der Waals surface area contributed by atoms with Crippen molar-refractivity contribution in [3.8, 4) is 0 Å². The van der Waals surface area contributed by atoms with Crippen LogP contribution in [0.1, 0.15) is 39.0 Å². The lowest BCUT2D eigenvalue weighted by molar-refractivity contribution is 0.209. The molecule has 2 nitrogen and oxygen atoms in total. The molecule has 1 aliphatic carbocycles. The molecule has 0 amide bonds. The van der Waals surface area contributed by atoms with E-state index in [2.05, 4.69) is 41.8 Å². The van der Waals surface area contributed by atoms with Crippen LogP contribution < -0.4 is 10.6 Å². The number of benzene rings is 1.